The summed E-state index contributed by atoms with van der Waals surface area (Å²) in [6.07, 6.45) is -4.68. The molecule has 2 aromatic rings. The van der Waals surface area contributed by atoms with Gasteiger partial charge in [0.2, 0.25) is 5.72 Å². The molecule has 2 rings (SSSR count). The van der Waals surface area contributed by atoms with E-state index in [4.69, 9.17) is 5.73 Å². The Labute approximate surface area is 102 Å². The van der Waals surface area contributed by atoms with Crippen LogP contribution >= 0.6 is 0 Å². The molecule has 96 valence electrons. The van der Waals surface area contributed by atoms with E-state index in [0.29, 0.717) is 5.39 Å². The minimum Gasteiger partial charge on any atom is -0.352 e. The average molecular weight is 255 g/mol. The van der Waals surface area contributed by atoms with Gasteiger partial charge in [0, 0.05) is 12.7 Å². The van der Waals surface area contributed by atoms with Crippen molar-refractivity contribution in [2.24, 2.45) is 5.73 Å². The van der Waals surface area contributed by atoms with Crippen LogP contribution in [-0.2, 0) is 10.5 Å². The van der Waals surface area contributed by atoms with Gasteiger partial charge in [-0.15, -0.1) is 0 Å². The van der Waals surface area contributed by atoms with Crippen LogP contribution in [0.2, 0.25) is 0 Å². The molecule has 18 heavy (non-hydrogen) atoms. The number of halogens is 3. The molecular weight excluding hydrogens is 243 g/mol. The Kier molecular flexibility index (Phi) is 3.04. The fourth-order valence-corrected chi connectivity index (χ4v) is 1.82. The predicted octanol–water partition coefficient (Wildman–Crippen LogP) is 3.16. The molecule has 0 heterocycles. The molecule has 1 atom stereocenters. The van der Waals surface area contributed by atoms with E-state index in [1.54, 1.807) is 18.2 Å². The van der Waals surface area contributed by atoms with Crippen LogP contribution < -0.4 is 5.73 Å². The summed E-state index contributed by atoms with van der Waals surface area (Å²) < 4.78 is 43.3. The molecule has 2 N–H and O–H groups in total. The molecule has 5 heteroatoms. The lowest BCUT2D eigenvalue weighted by atomic mass is 9.99. The monoisotopic (exact) mass is 255 g/mol. The van der Waals surface area contributed by atoms with Crippen LogP contribution in [0.25, 0.3) is 10.8 Å². The van der Waals surface area contributed by atoms with Crippen molar-refractivity contribution in [2.45, 2.75) is 11.9 Å². The Morgan fingerprint density at radius 2 is 1.61 bits per heavy atom. The molecule has 0 fully saturated rings. The highest BCUT2D eigenvalue weighted by molar-refractivity contribution is 5.83. The van der Waals surface area contributed by atoms with Gasteiger partial charge in [0.25, 0.3) is 0 Å². The second-order valence-corrected chi connectivity index (χ2v) is 4.00. The van der Waals surface area contributed by atoms with E-state index in [9.17, 15) is 13.2 Å². The third-order valence-electron chi connectivity index (χ3n) is 2.92. The summed E-state index contributed by atoms with van der Waals surface area (Å²) in [6.45, 7) is 0. The first-order valence-electron chi connectivity index (χ1n) is 5.28. The van der Waals surface area contributed by atoms with Crippen molar-refractivity contribution in [3.8, 4) is 0 Å². The second kappa shape index (κ2) is 4.26. The first-order chi connectivity index (χ1) is 8.38. The van der Waals surface area contributed by atoms with Gasteiger partial charge in [-0.3, -0.25) is 5.73 Å². The van der Waals surface area contributed by atoms with E-state index in [2.05, 4.69) is 4.74 Å². The summed E-state index contributed by atoms with van der Waals surface area (Å²) in [7, 11) is 0.947. The molecule has 0 spiro atoms. The number of ether oxygens (including phenoxy) is 1. The van der Waals surface area contributed by atoms with Crippen LogP contribution in [0, 0.1) is 0 Å². The van der Waals surface area contributed by atoms with Crippen LogP contribution in [0.1, 0.15) is 5.56 Å². The molecule has 0 bridgehead atoms. The normalized spacial score (nSPS) is 15.6. The van der Waals surface area contributed by atoms with E-state index >= 15 is 0 Å². The van der Waals surface area contributed by atoms with Crippen molar-refractivity contribution in [3.05, 3.63) is 48.0 Å². The van der Waals surface area contributed by atoms with Crippen LogP contribution in [0.5, 0.6) is 0 Å². The van der Waals surface area contributed by atoms with Gasteiger partial charge in [-0.1, -0.05) is 36.4 Å². The number of hydrogen-bond acceptors (Lipinski definition) is 2. The van der Waals surface area contributed by atoms with E-state index < -0.39 is 11.9 Å². The number of rotatable bonds is 2. The SMILES string of the molecule is COC(N)(c1ccc2ccccc2c1)C(F)(F)F. The van der Waals surface area contributed by atoms with Crippen molar-refractivity contribution in [1.82, 2.24) is 0 Å². The van der Waals surface area contributed by atoms with Crippen LogP contribution in [0.4, 0.5) is 13.2 Å². The molecule has 0 saturated heterocycles. The van der Waals surface area contributed by atoms with E-state index in [-0.39, 0.29) is 5.56 Å². The third kappa shape index (κ3) is 1.95. The van der Waals surface area contributed by atoms with Gasteiger partial charge in [-0.2, -0.15) is 13.2 Å². The third-order valence-corrected chi connectivity index (χ3v) is 2.92. The standard InChI is InChI=1S/C13H12F3NO/c1-18-12(17,13(14,15)16)11-7-6-9-4-2-3-5-10(9)8-11/h2-8H,17H2,1H3. The molecule has 0 saturated carbocycles. The quantitative estimate of drug-likeness (QED) is 0.836. The Hall–Kier alpha value is -1.59. The lowest BCUT2D eigenvalue weighted by Crippen LogP contribution is -2.51. The Morgan fingerprint density at radius 1 is 1.00 bits per heavy atom. The number of hydrogen-bond donors (Lipinski definition) is 1. The van der Waals surface area contributed by atoms with Gasteiger partial charge in [-0.25, -0.2) is 0 Å². The average Bonchev–Trinajstić information content (AvgIpc) is 2.35. The van der Waals surface area contributed by atoms with E-state index in [1.807, 2.05) is 12.1 Å². The summed E-state index contributed by atoms with van der Waals surface area (Å²) >= 11 is 0. The summed E-state index contributed by atoms with van der Waals surface area (Å²) in [5.74, 6) is 0. The van der Waals surface area contributed by atoms with Gasteiger partial charge in [0.05, 0.1) is 0 Å². The first-order valence-corrected chi connectivity index (χ1v) is 5.28. The molecule has 0 aromatic heterocycles. The fourth-order valence-electron chi connectivity index (χ4n) is 1.82. The largest absolute Gasteiger partial charge is 0.435 e. The smallest absolute Gasteiger partial charge is 0.352 e. The lowest BCUT2D eigenvalue weighted by molar-refractivity contribution is -0.274. The molecule has 0 aliphatic carbocycles. The zero-order chi connectivity index (χ0) is 13.4. The Morgan fingerprint density at radius 3 is 2.17 bits per heavy atom. The van der Waals surface area contributed by atoms with Crippen LogP contribution in [0.15, 0.2) is 42.5 Å². The van der Waals surface area contributed by atoms with Gasteiger partial charge < -0.3 is 4.74 Å². The van der Waals surface area contributed by atoms with E-state index in [1.165, 1.54) is 12.1 Å². The van der Waals surface area contributed by atoms with Gasteiger partial charge in [-0.05, 0) is 16.8 Å². The molecule has 2 aromatic carbocycles. The molecule has 0 amide bonds. The second-order valence-electron chi connectivity index (χ2n) is 4.00. The number of fused-ring (bicyclic) bond motifs is 1. The van der Waals surface area contributed by atoms with Crippen molar-refractivity contribution in [2.75, 3.05) is 7.11 Å². The summed E-state index contributed by atoms with van der Waals surface area (Å²) in [6, 6.07) is 11.4. The topological polar surface area (TPSA) is 35.2 Å². The Bertz CT molecular complexity index is 567. The maximum atomic E-state index is 12.9. The number of nitrogens with two attached hydrogens (primary N) is 1. The molecule has 2 nitrogen and oxygen atoms in total. The number of benzene rings is 2. The first kappa shape index (κ1) is 12.9. The maximum Gasteiger partial charge on any atom is 0.435 e. The fraction of sp³-hybridized carbons (Fsp3) is 0.231. The Balaban J connectivity index is 2.59. The number of alkyl halides is 3. The van der Waals surface area contributed by atoms with Crippen molar-refractivity contribution < 1.29 is 17.9 Å². The highest BCUT2D eigenvalue weighted by atomic mass is 19.4. The molecule has 1 unspecified atom stereocenters. The highest BCUT2D eigenvalue weighted by Gasteiger charge is 2.54. The zero-order valence-electron chi connectivity index (χ0n) is 9.66. The molecule has 0 aliphatic heterocycles. The van der Waals surface area contributed by atoms with Crippen molar-refractivity contribution >= 4 is 10.8 Å². The van der Waals surface area contributed by atoms with Crippen LogP contribution in [0.3, 0.4) is 0 Å². The molecule has 0 aliphatic rings. The maximum absolute atomic E-state index is 12.9. The van der Waals surface area contributed by atoms with E-state index in [0.717, 1.165) is 12.5 Å². The zero-order valence-corrected chi connectivity index (χ0v) is 9.66. The van der Waals surface area contributed by atoms with Crippen molar-refractivity contribution in [3.63, 3.8) is 0 Å². The van der Waals surface area contributed by atoms with Gasteiger partial charge in [0.15, 0.2) is 0 Å². The van der Waals surface area contributed by atoms with Gasteiger partial charge in [0.1, 0.15) is 0 Å². The van der Waals surface area contributed by atoms with Gasteiger partial charge >= 0.3 is 6.18 Å². The summed E-state index contributed by atoms with van der Waals surface area (Å²) in [4.78, 5) is 0. The minimum absolute atomic E-state index is 0.115. The summed E-state index contributed by atoms with van der Waals surface area (Å²) in [5, 5.41) is 1.54. The lowest BCUT2D eigenvalue weighted by Gasteiger charge is -2.30. The van der Waals surface area contributed by atoms with Crippen molar-refractivity contribution in [1.29, 1.82) is 0 Å². The summed E-state index contributed by atoms with van der Waals surface area (Å²) in [5.41, 5.74) is 2.44. The molecular formula is C13H12F3NO. The van der Waals surface area contributed by atoms with Crippen LogP contribution in [-0.4, -0.2) is 13.3 Å². The molecule has 0 radical (unpaired) electrons. The number of methoxy groups -OCH3 is 1. The predicted molar refractivity (Wildman–Crippen MR) is 62.9 cm³/mol. The highest BCUT2D eigenvalue weighted by Crippen LogP contribution is 2.38. The minimum atomic E-state index is -4.68.